The maximum atomic E-state index is 12.6. The van der Waals surface area contributed by atoms with Crippen LogP contribution in [0, 0.1) is 20.8 Å². The van der Waals surface area contributed by atoms with Crippen LogP contribution in [0.4, 0.5) is 5.88 Å². The zero-order chi connectivity index (χ0) is 24.8. The van der Waals surface area contributed by atoms with Crippen molar-refractivity contribution in [1.82, 2.24) is 4.98 Å². The molecule has 0 saturated heterocycles. The van der Waals surface area contributed by atoms with Crippen LogP contribution < -0.4 is 5.32 Å². The number of nitrogens with one attached hydrogen (secondary N) is 1. The quantitative estimate of drug-likeness (QED) is 0.325. The number of carbonyl (C=O) groups excluding carboxylic acids is 3. The Morgan fingerprint density at radius 1 is 1.00 bits per heavy atom. The van der Waals surface area contributed by atoms with Gasteiger partial charge in [-0.05, 0) is 51.8 Å². The number of carbonyl (C=O) groups is 3. The fourth-order valence-corrected chi connectivity index (χ4v) is 4.43. The van der Waals surface area contributed by atoms with E-state index in [0.29, 0.717) is 5.75 Å². The first kappa shape index (κ1) is 25.3. The minimum atomic E-state index is -0.765. The Morgan fingerprint density at radius 3 is 2.35 bits per heavy atom. The van der Waals surface area contributed by atoms with Crippen LogP contribution in [0.15, 0.2) is 33.7 Å². The highest BCUT2D eigenvalue weighted by Gasteiger charge is 2.31. The maximum absolute atomic E-state index is 12.6. The molecule has 0 saturated carbocycles. The van der Waals surface area contributed by atoms with Crippen molar-refractivity contribution in [2.45, 2.75) is 46.1 Å². The van der Waals surface area contributed by atoms with Crippen molar-refractivity contribution in [2.75, 3.05) is 24.3 Å². The van der Waals surface area contributed by atoms with Gasteiger partial charge < -0.3 is 13.9 Å². The number of furan rings is 1. The Hall–Kier alpha value is -3.33. The summed E-state index contributed by atoms with van der Waals surface area (Å²) in [5.74, 6) is -1.33. The molecule has 0 radical (unpaired) electrons. The molecule has 34 heavy (non-hydrogen) atoms. The lowest BCUT2D eigenvalue weighted by Gasteiger charge is -2.09. The minimum absolute atomic E-state index is 0.0452. The molecular formula is C25H28N2O6S. The van der Waals surface area contributed by atoms with Gasteiger partial charge >= 0.3 is 11.9 Å². The number of rotatable bonds is 9. The summed E-state index contributed by atoms with van der Waals surface area (Å²) in [5, 5.41) is 4.54. The van der Waals surface area contributed by atoms with Gasteiger partial charge in [0, 0.05) is 17.6 Å². The third kappa shape index (κ3) is 5.59. The van der Waals surface area contributed by atoms with Gasteiger partial charge in [0.05, 0.1) is 23.8 Å². The summed E-state index contributed by atoms with van der Waals surface area (Å²) in [6, 6.07) is 8.08. The van der Waals surface area contributed by atoms with Crippen LogP contribution in [0.2, 0.25) is 0 Å². The van der Waals surface area contributed by atoms with E-state index in [1.165, 1.54) is 18.7 Å². The minimum Gasteiger partial charge on any atom is -0.462 e. The van der Waals surface area contributed by atoms with Crippen LogP contribution in [0.1, 0.15) is 57.9 Å². The second-order valence-electron chi connectivity index (χ2n) is 7.57. The number of fused-ring (bicyclic) bond motifs is 1. The summed E-state index contributed by atoms with van der Waals surface area (Å²) < 4.78 is 15.6. The van der Waals surface area contributed by atoms with Crippen molar-refractivity contribution in [2.24, 2.45) is 0 Å². The van der Waals surface area contributed by atoms with Crippen molar-refractivity contribution in [3.63, 3.8) is 0 Å². The molecule has 0 bridgehead atoms. The van der Waals surface area contributed by atoms with E-state index in [0.717, 1.165) is 27.1 Å². The first-order valence-electron chi connectivity index (χ1n) is 11.0. The van der Waals surface area contributed by atoms with Crippen LogP contribution in [0.3, 0.4) is 0 Å². The first-order valence-corrected chi connectivity index (χ1v) is 12.0. The monoisotopic (exact) mass is 484 g/mol. The number of amides is 1. The number of pyridine rings is 1. The van der Waals surface area contributed by atoms with Crippen molar-refractivity contribution < 1.29 is 28.3 Å². The molecule has 180 valence electrons. The van der Waals surface area contributed by atoms with Gasteiger partial charge in [0.25, 0.3) is 0 Å². The van der Waals surface area contributed by atoms with Crippen molar-refractivity contribution in [3.05, 3.63) is 52.3 Å². The average Bonchev–Trinajstić information content (AvgIpc) is 3.10. The fraction of sp³-hybridized carbons (Fsp3) is 0.360. The largest absolute Gasteiger partial charge is 0.462 e. The molecule has 0 fully saturated rings. The van der Waals surface area contributed by atoms with Gasteiger partial charge in [0.15, 0.2) is 0 Å². The molecule has 2 heterocycles. The molecule has 0 unspecified atom stereocenters. The lowest BCUT2D eigenvalue weighted by atomic mass is 10.1. The topological polar surface area (TPSA) is 108 Å². The van der Waals surface area contributed by atoms with Gasteiger partial charge in [-0.1, -0.05) is 18.2 Å². The van der Waals surface area contributed by atoms with E-state index in [9.17, 15) is 14.4 Å². The summed E-state index contributed by atoms with van der Waals surface area (Å²) in [4.78, 5) is 42.2. The number of hydrogen-bond donors (Lipinski definition) is 1. The average molecular weight is 485 g/mol. The molecule has 0 aliphatic heterocycles. The van der Waals surface area contributed by atoms with E-state index >= 15 is 0 Å². The number of nitrogens with zero attached hydrogens (tertiary/aromatic N) is 1. The molecule has 3 aromatic rings. The van der Waals surface area contributed by atoms with Gasteiger partial charge in [-0.25, -0.2) is 14.6 Å². The van der Waals surface area contributed by atoms with Crippen molar-refractivity contribution in [1.29, 1.82) is 0 Å². The van der Waals surface area contributed by atoms with E-state index in [1.54, 1.807) is 13.8 Å². The number of aromatic nitrogens is 1. The first-order chi connectivity index (χ1) is 16.3. The molecule has 1 amide bonds. The molecule has 3 rings (SSSR count). The summed E-state index contributed by atoms with van der Waals surface area (Å²) in [6.07, 6.45) is 0.147. The molecule has 0 atom stereocenters. The number of esters is 2. The maximum Gasteiger partial charge on any atom is 0.344 e. The Morgan fingerprint density at radius 2 is 1.68 bits per heavy atom. The van der Waals surface area contributed by atoms with Gasteiger partial charge in [0.2, 0.25) is 11.8 Å². The highest BCUT2D eigenvalue weighted by molar-refractivity contribution is 7.99. The molecule has 1 aromatic carbocycles. The molecule has 8 nitrogen and oxygen atoms in total. The normalized spacial score (nSPS) is 10.9. The Balaban J connectivity index is 1.72. The number of benzene rings is 1. The van der Waals surface area contributed by atoms with Gasteiger partial charge in [-0.3, -0.25) is 10.1 Å². The Kier molecular flexibility index (Phi) is 8.33. The number of thioether (sulfide) groups is 1. The number of para-hydroxylation sites is 1. The van der Waals surface area contributed by atoms with E-state index in [-0.39, 0.29) is 48.3 Å². The van der Waals surface area contributed by atoms with Crippen LogP contribution in [-0.2, 0) is 14.3 Å². The number of ether oxygens (including phenoxy) is 2. The third-order valence-electron chi connectivity index (χ3n) is 5.10. The smallest absolute Gasteiger partial charge is 0.344 e. The Bertz CT molecular complexity index is 1230. The summed E-state index contributed by atoms with van der Waals surface area (Å²) >= 11 is 1.47. The van der Waals surface area contributed by atoms with E-state index in [2.05, 4.69) is 5.32 Å². The molecule has 0 aliphatic rings. The second-order valence-corrected chi connectivity index (χ2v) is 8.69. The summed E-state index contributed by atoms with van der Waals surface area (Å²) in [5.41, 5.74) is 2.98. The molecule has 0 spiro atoms. The van der Waals surface area contributed by atoms with E-state index in [4.69, 9.17) is 18.9 Å². The fourth-order valence-electron chi connectivity index (χ4n) is 3.52. The Labute approximate surface area is 202 Å². The second kappa shape index (κ2) is 11.2. The van der Waals surface area contributed by atoms with Crippen LogP contribution in [0.5, 0.6) is 0 Å². The summed E-state index contributed by atoms with van der Waals surface area (Å²) in [7, 11) is 0. The molecule has 0 aliphatic carbocycles. The van der Waals surface area contributed by atoms with Crippen LogP contribution in [0.25, 0.3) is 10.9 Å². The van der Waals surface area contributed by atoms with E-state index < -0.39 is 11.9 Å². The molecule has 1 N–H and O–H groups in total. The zero-order valence-corrected chi connectivity index (χ0v) is 20.8. The lowest BCUT2D eigenvalue weighted by molar-refractivity contribution is -0.115. The lowest BCUT2D eigenvalue weighted by Crippen LogP contribution is -2.17. The van der Waals surface area contributed by atoms with Gasteiger partial charge in [-0.2, -0.15) is 0 Å². The van der Waals surface area contributed by atoms with Crippen LogP contribution in [-0.4, -0.2) is 41.8 Å². The zero-order valence-electron chi connectivity index (χ0n) is 19.9. The van der Waals surface area contributed by atoms with Crippen LogP contribution >= 0.6 is 11.8 Å². The SMILES string of the molecule is CCOC(=O)c1c(C)oc(NC(=O)CCSc2cc(C)c3cccc(C)c3n2)c1C(=O)OCC. The summed E-state index contributed by atoms with van der Waals surface area (Å²) in [6.45, 7) is 9.13. The number of aryl methyl sites for hydroxylation is 3. The van der Waals surface area contributed by atoms with Crippen molar-refractivity contribution in [3.8, 4) is 0 Å². The van der Waals surface area contributed by atoms with Crippen molar-refractivity contribution >= 4 is 46.4 Å². The number of anilines is 1. The highest BCUT2D eigenvalue weighted by atomic mass is 32.2. The van der Waals surface area contributed by atoms with Gasteiger partial charge in [-0.15, -0.1) is 11.8 Å². The molecule has 2 aromatic heterocycles. The standard InChI is InChI=1S/C25H28N2O6S/c1-6-31-24(29)20-16(5)33-23(21(20)25(30)32-7-2)26-18(28)11-12-34-19-13-15(4)17-10-8-9-14(3)22(17)27-19/h8-10,13H,6-7,11-12H2,1-5H3,(H,26,28). The highest BCUT2D eigenvalue weighted by Crippen LogP contribution is 2.30. The molecular weight excluding hydrogens is 456 g/mol. The number of hydrogen-bond acceptors (Lipinski definition) is 8. The molecule has 9 heteroatoms. The van der Waals surface area contributed by atoms with E-state index in [1.807, 2.05) is 38.1 Å². The predicted octanol–water partition coefficient (Wildman–Crippen LogP) is 5.23. The third-order valence-corrected chi connectivity index (χ3v) is 6.01. The van der Waals surface area contributed by atoms with Gasteiger partial charge in [0.1, 0.15) is 16.9 Å². The predicted molar refractivity (Wildman–Crippen MR) is 131 cm³/mol.